The average molecular weight is 348 g/mol. The van der Waals surface area contributed by atoms with Gasteiger partial charge in [0.1, 0.15) is 12.0 Å². The first-order valence-corrected chi connectivity index (χ1v) is 8.59. The Morgan fingerprint density at radius 3 is 2.92 bits per heavy atom. The second-order valence-electron chi connectivity index (χ2n) is 6.04. The van der Waals surface area contributed by atoms with Gasteiger partial charge in [-0.15, -0.1) is 0 Å². The highest BCUT2D eigenvalue weighted by molar-refractivity contribution is 6.28. The molecule has 8 heteroatoms. The minimum absolute atomic E-state index is 0.228. The Labute approximate surface area is 144 Å². The van der Waals surface area contributed by atoms with Crippen LogP contribution in [0.3, 0.4) is 0 Å². The van der Waals surface area contributed by atoms with Crippen LogP contribution in [0.4, 0.5) is 5.82 Å². The summed E-state index contributed by atoms with van der Waals surface area (Å²) in [6.07, 6.45) is 7.96. The molecule has 0 unspecified atom stereocenters. The van der Waals surface area contributed by atoms with Crippen molar-refractivity contribution in [2.75, 3.05) is 11.5 Å². The molecule has 2 aliphatic rings. The van der Waals surface area contributed by atoms with Gasteiger partial charge in [-0.3, -0.25) is 4.57 Å². The van der Waals surface area contributed by atoms with Gasteiger partial charge >= 0.3 is 5.97 Å². The molecule has 7 nitrogen and oxygen atoms in total. The van der Waals surface area contributed by atoms with Crippen LogP contribution in [0.1, 0.15) is 48.8 Å². The second-order valence-corrected chi connectivity index (χ2v) is 6.38. The molecule has 1 saturated carbocycles. The third kappa shape index (κ3) is 2.43. The first-order valence-electron chi connectivity index (χ1n) is 8.22. The number of carbonyl (C=O) groups is 1. The zero-order valence-corrected chi connectivity index (χ0v) is 14.2. The maximum atomic E-state index is 12.2. The summed E-state index contributed by atoms with van der Waals surface area (Å²) in [5.41, 5.74) is 1.98. The summed E-state index contributed by atoms with van der Waals surface area (Å²) in [7, 11) is 0. The Hall–Kier alpha value is -2.15. The number of halogens is 1. The van der Waals surface area contributed by atoms with Crippen molar-refractivity contribution >= 4 is 23.4 Å². The van der Waals surface area contributed by atoms with Crippen LogP contribution in [-0.2, 0) is 11.3 Å². The lowest BCUT2D eigenvalue weighted by atomic mass is 10.1. The Bertz CT molecular complexity index is 785. The van der Waals surface area contributed by atoms with Crippen molar-refractivity contribution in [3.05, 3.63) is 29.2 Å². The summed E-state index contributed by atoms with van der Waals surface area (Å²) < 4.78 is 7.00. The van der Waals surface area contributed by atoms with E-state index in [1.54, 1.807) is 19.4 Å². The minimum atomic E-state index is -0.393. The molecule has 0 saturated heterocycles. The largest absolute Gasteiger partial charge is 0.461 e. The molecule has 0 radical (unpaired) electrons. The van der Waals surface area contributed by atoms with Crippen molar-refractivity contribution in [1.82, 2.24) is 19.5 Å². The fourth-order valence-corrected chi connectivity index (χ4v) is 3.71. The number of rotatable bonds is 3. The molecule has 1 aliphatic heterocycles. The lowest BCUT2D eigenvalue weighted by Gasteiger charge is -2.35. The van der Waals surface area contributed by atoms with Gasteiger partial charge in [0.05, 0.1) is 25.0 Å². The Morgan fingerprint density at radius 2 is 2.17 bits per heavy atom. The van der Waals surface area contributed by atoms with Crippen LogP contribution in [0.25, 0.3) is 5.69 Å². The lowest BCUT2D eigenvalue weighted by molar-refractivity contribution is 0.0518. The highest BCUT2D eigenvalue weighted by atomic mass is 35.5. The fraction of sp³-hybridized carbons (Fsp3) is 0.500. The van der Waals surface area contributed by atoms with Crippen molar-refractivity contribution in [1.29, 1.82) is 0 Å². The van der Waals surface area contributed by atoms with Gasteiger partial charge in [-0.2, -0.15) is 4.98 Å². The molecule has 1 aliphatic carbocycles. The van der Waals surface area contributed by atoms with Gasteiger partial charge in [0.15, 0.2) is 11.5 Å². The summed E-state index contributed by atoms with van der Waals surface area (Å²) in [5.74, 6) is 0.415. The molecule has 0 atom stereocenters. The van der Waals surface area contributed by atoms with E-state index in [1.165, 1.54) is 12.8 Å². The number of aromatic nitrogens is 4. The van der Waals surface area contributed by atoms with E-state index in [4.69, 9.17) is 16.3 Å². The zero-order chi connectivity index (χ0) is 16.7. The van der Waals surface area contributed by atoms with Crippen LogP contribution in [-0.4, -0.2) is 38.1 Å². The number of hydrogen-bond donors (Lipinski definition) is 0. The van der Waals surface area contributed by atoms with Crippen LogP contribution in [0.5, 0.6) is 0 Å². The van der Waals surface area contributed by atoms with E-state index >= 15 is 0 Å². The normalized spacial score (nSPS) is 16.8. The van der Waals surface area contributed by atoms with E-state index < -0.39 is 5.97 Å². The van der Waals surface area contributed by atoms with Crippen LogP contribution in [0.15, 0.2) is 12.5 Å². The second kappa shape index (κ2) is 6.05. The van der Waals surface area contributed by atoms with Crippen molar-refractivity contribution in [3.8, 4) is 5.69 Å². The molecule has 24 heavy (non-hydrogen) atoms. The zero-order valence-electron chi connectivity index (χ0n) is 13.4. The minimum Gasteiger partial charge on any atom is -0.461 e. The predicted molar refractivity (Wildman–Crippen MR) is 88.6 cm³/mol. The number of ether oxygens (including phenoxy) is 1. The van der Waals surface area contributed by atoms with Crippen molar-refractivity contribution in [2.24, 2.45) is 0 Å². The number of fused-ring (bicyclic) bond motifs is 3. The third-order valence-corrected chi connectivity index (χ3v) is 4.86. The van der Waals surface area contributed by atoms with Crippen molar-refractivity contribution in [2.45, 2.75) is 45.2 Å². The molecular weight excluding hydrogens is 330 g/mol. The van der Waals surface area contributed by atoms with Crippen molar-refractivity contribution in [3.63, 3.8) is 0 Å². The lowest BCUT2D eigenvalue weighted by Crippen LogP contribution is -2.38. The number of hydrogen-bond acceptors (Lipinski definition) is 6. The molecule has 0 N–H and O–H groups in total. The monoisotopic (exact) mass is 347 g/mol. The predicted octanol–water partition coefficient (Wildman–Crippen LogP) is 2.76. The Morgan fingerprint density at radius 1 is 1.38 bits per heavy atom. The summed E-state index contributed by atoms with van der Waals surface area (Å²) in [5, 5.41) is 0.228. The molecule has 1 fully saturated rings. The topological polar surface area (TPSA) is 73.1 Å². The smallest absolute Gasteiger partial charge is 0.358 e. The van der Waals surface area contributed by atoms with E-state index in [0.29, 0.717) is 24.9 Å². The van der Waals surface area contributed by atoms with Crippen LogP contribution >= 0.6 is 11.6 Å². The van der Waals surface area contributed by atoms with Gasteiger partial charge in [-0.05, 0) is 31.4 Å². The number of anilines is 1. The first kappa shape index (κ1) is 15.4. The van der Waals surface area contributed by atoms with Crippen LogP contribution in [0, 0.1) is 0 Å². The molecule has 3 heterocycles. The molecule has 0 aromatic carbocycles. The molecule has 0 spiro atoms. The van der Waals surface area contributed by atoms with E-state index in [9.17, 15) is 4.79 Å². The Kier molecular flexibility index (Phi) is 3.88. The van der Waals surface area contributed by atoms with Crippen LogP contribution < -0.4 is 4.90 Å². The summed E-state index contributed by atoms with van der Waals surface area (Å²) in [4.78, 5) is 27.3. The van der Waals surface area contributed by atoms with Gasteiger partial charge in [-0.25, -0.2) is 14.8 Å². The van der Waals surface area contributed by atoms with E-state index in [1.807, 2.05) is 4.57 Å². The summed E-state index contributed by atoms with van der Waals surface area (Å²) in [6.45, 7) is 2.68. The number of nitrogens with zero attached hydrogens (tertiary/aromatic N) is 5. The van der Waals surface area contributed by atoms with E-state index in [0.717, 1.165) is 30.0 Å². The fourth-order valence-electron chi connectivity index (χ4n) is 3.58. The maximum absolute atomic E-state index is 12.2. The molecule has 4 rings (SSSR count). The average Bonchev–Trinajstić information content (AvgIpc) is 3.23. The van der Waals surface area contributed by atoms with Gasteiger partial charge in [0, 0.05) is 6.04 Å². The van der Waals surface area contributed by atoms with Gasteiger partial charge in [0.2, 0.25) is 5.28 Å². The molecule has 2 aromatic rings. The molecule has 126 valence electrons. The highest BCUT2D eigenvalue weighted by Crippen LogP contribution is 2.37. The van der Waals surface area contributed by atoms with Gasteiger partial charge in [0.25, 0.3) is 0 Å². The van der Waals surface area contributed by atoms with E-state index in [-0.39, 0.29) is 5.28 Å². The number of carbonyl (C=O) groups excluding carboxylic acids is 1. The summed E-state index contributed by atoms with van der Waals surface area (Å²) >= 11 is 6.02. The Balaban J connectivity index is 1.82. The van der Waals surface area contributed by atoms with E-state index in [2.05, 4.69) is 19.9 Å². The highest BCUT2D eigenvalue weighted by Gasteiger charge is 2.34. The standard InChI is InChI=1S/C16H18ClN5O2/c1-2-24-15(23)13-12-8-21(10-5-3-4-6-10)14-11(22(12)9-19-13)7-18-16(17)20-14/h7,9-10H,2-6,8H2,1H3. The van der Waals surface area contributed by atoms with Crippen LogP contribution in [0.2, 0.25) is 5.28 Å². The first-order chi connectivity index (χ1) is 11.7. The molecule has 0 amide bonds. The SMILES string of the molecule is CCOC(=O)c1ncn2c1CN(C1CCCC1)c1nc(Cl)ncc1-2. The number of imidazole rings is 1. The molecule has 0 bridgehead atoms. The van der Waals surface area contributed by atoms with Crippen molar-refractivity contribution < 1.29 is 9.53 Å². The summed E-state index contributed by atoms with van der Waals surface area (Å²) in [6, 6.07) is 0.397. The molecular formula is C16H18ClN5O2. The molecule has 2 aromatic heterocycles. The van der Waals surface area contributed by atoms with Gasteiger partial charge in [-0.1, -0.05) is 12.8 Å². The third-order valence-electron chi connectivity index (χ3n) is 4.67. The number of esters is 1. The maximum Gasteiger partial charge on any atom is 0.358 e. The quantitative estimate of drug-likeness (QED) is 0.628. The van der Waals surface area contributed by atoms with Gasteiger partial charge < -0.3 is 9.64 Å².